The number of carbonyl (C=O) groups is 1. The van der Waals surface area contributed by atoms with E-state index in [1.807, 2.05) is 41.6 Å². The van der Waals surface area contributed by atoms with Crippen molar-refractivity contribution < 1.29 is 4.79 Å². The van der Waals surface area contributed by atoms with E-state index >= 15 is 0 Å². The van der Waals surface area contributed by atoms with Crippen LogP contribution in [0.2, 0.25) is 0 Å². The van der Waals surface area contributed by atoms with Crippen molar-refractivity contribution >= 4 is 5.91 Å². The number of unbranched alkanes of at least 4 members (excludes halogenated alkanes) is 2. The molecule has 0 saturated carbocycles. The van der Waals surface area contributed by atoms with E-state index in [2.05, 4.69) is 27.4 Å². The molecule has 1 aromatic carbocycles. The van der Waals surface area contributed by atoms with Crippen LogP contribution in [0.3, 0.4) is 0 Å². The third-order valence-electron chi connectivity index (χ3n) is 5.03. The molecule has 1 fully saturated rings. The molecule has 1 aromatic heterocycles. The molecular formula is C21H27N5O. The monoisotopic (exact) mass is 365 g/mol. The highest BCUT2D eigenvalue weighted by Gasteiger charge is 2.24. The molecule has 1 aliphatic heterocycles. The Morgan fingerprint density at radius 3 is 2.67 bits per heavy atom. The molecule has 3 rings (SSSR count). The molecule has 0 radical (unpaired) electrons. The van der Waals surface area contributed by atoms with E-state index in [9.17, 15) is 4.79 Å². The summed E-state index contributed by atoms with van der Waals surface area (Å²) >= 11 is 0. The molecule has 2 heterocycles. The van der Waals surface area contributed by atoms with Crippen molar-refractivity contribution in [2.45, 2.75) is 39.3 Å². The quantitative estimate of drug-likeness (QED) is 0.675. The molecule has 0 N–H and O–H groups in total. The SMILES string of the molecule is CCCCCN1CCN(Cc2nccn2Cc2ccc(C#N)cc2)CC1=O. The Labute approximate surface area is 161 Å². The van der Waals surface area contributed by atoms with Gasteiger partial charge in [0.2, 0.25) is 5.91 Å². The van der Waals surface area contributed by atoms with E-state index in [0.717, 1.165) is 37.4 Å². The summed E-state index contributed by atoms with van der Waals surface area (Å²) in [5.74, 6) is 1.19. The number of carbonyl (C=O) groups excluding carboxylic acids is 1. The van der Waals surface area contributed by atoms with Gasteiger partial charge in [0.05, 0.1) is 24.7 Å². The van der Waals surface area contributed by atoms with Crippen LogP contribution in [0.5, 0.6) is 0 Å². The molecule has 0 bridgehead atoms. The lowest BCUT2D eigenvalue weighted by atomic mass is 10.1. The van der Waals surface area contributed by atoms with Gasteiger partial charge in [-0.1, -0.05) is 31.9 Å². The fraction of sp³-hybridized carbons (Fsp3) is 0.476. The summed E-state index contributed by atoms with van der Waals surface area (Å²) in [5.41, 5.74) is 1.80. The number of piperazine rings is 1. The summed E-state index contributed by atoms with van der Waals surface area (Å²) in [6.07, 6.45) is 7.23. The highest BCUT2D eigenvalue weighted by molar-refractivity contribution is 5.79. The van der Waals surface area contributed by atoms with Gasteiger partial charge in [0.15, 0.2) is 0 Å². The lowest BCUT2D eigenvalue weighted by Crippen LogP contribution is -2.50. The highest BCUT2D eigenvalue weighted by Crippen LogP contribution is 2.12. The number of amides is 1. The van der Waals surface area contributed by atoms with Crippen molar-refractivity contribution in [2.24, 2.45) is 0 Å². The fourth-order valence-corrected chi connectivity index (χ4v) is 3.40. The van der Waals surface area contributed by atoms with Crippen LogP contribution < -0.4 is 0 Å². The van der Waals surface area contributed by atoms with Gasteiger partial charge in [-0.3, -0.25) is 9.69 Å². The number of benzene rings is 1. The number of imidazole rings is 1. The second-order valence-corrected chi connectivity index (χ2v) is 7.08. The molecule has 142 valence electrons. The Hall–Kier alpha value is -2.65. The van der Waals surface area contributed by atoms with Crippen molar-refractivity contribution in [3.05, 3.63) is 53.6 Å². The minimum Gasteiger partial charge on any atom is -0.340 e. The zero-order valence-corrected chi connectivity index (χ0v) is 16.0. The van der Waals surface area contributed by atoms with Gasteiger partial charge in [-0.2, -0.15) is 5.26 Å². The Morgan fingerprint density at radius 1 is 1.15 bits per heavy atom. The minimum absolute atomic E-state index is 0.225. The molecule has 1 amide bonds. The second-order valence-electron chi connectivity index (χ2n) is 7.08. The minimum atomic E-state index is 0.225. The van der Waals surface area contributed by atoms with Crippen LogP contribution in [0.15, 0.2) is 36.7 Å². The van der Waals surface area contributed by atoms with Crippen LogP contribution in [0, 0.1) is 11.3 Å². The fourth-order valence-electron chi connectivity index (χ4n) is 3.40. The van der Waals surface area contributed by atoms with Crippen LogP contribution in [0.1, 0.15) is 43.1 Å². The van der Waals surface area contributed by atoms with Crippen LogP contribution in [0.25, 0.3) is 0 Å². The standard InChI is InChI=1S/C21H27N5O/c1-2-3-4-10-25-13-12-24(17-21(25)27)16-20-23-9-11-26(20)15-19-7-5-18(14-22)6-8-19/h5-9,11H,2-4,10,12-13,15-17H2,1H3. The first-order valence-corrected chi connectivity index (χ1v) is 9.68. The molecule has 0 atom stereocenters. The Balaban J connectivity index is 1.55. The number of nitriles is 1. The van der Waals surface area contributed by atoms with E-state index < -0.39 is 0 Å². The van der Waals surface area contributed by atoms with Crippen molar-refractivity contribution in [2.75, 3.05) is 26.2 Å². The first kappa shape index (κ1) is 19.1. The highest BCUT2D eigenvalue weighted by atomic mass is 16.2. The summed E-state index contributed by atoms with van der Waals surface area (Å²) in [6, 6.07) is 9.76. The Bertz CT molecular complexity index is 790. The Morgan fingerprint density at radius 2 is 1.96 bits per heavy atom. The topological polar surface area (TPSA) is 65.2 Å². The molecular weight excluding hydrogens is 338 g/mol. The Kier molecular flexibility index (Phi) is 6.61. The van der Waals surface area contributed by atoms with E-state index in [1.54, 1.807) is 0 Å². The van der Waals surface area contributed by atoms with Crippen molar-refractivity contribution in [1.82, 2.24) is 19.4 Å². The van der Waals surface area contributed by atoms with Crippen LogP contribution in [-0.2, 0) is 17.9 Å². The van der Waals surface area contributed by atoms with E-state index in [-0.39, 0.29) is 5.91 Å². The molecule has 1 saturated heterocycles. The summed E-state index contributed by atoms with van der Waals surface area (Å²) in [7, 11) is 0. The van der Waals surface area contributed by atoms with Crippen molar-refractivity contribution in [3.8, 4) is 6.07 Å². The van der Waals surface area contributed by atoms with Gasteiger partial charge >= 0.3 is 0 Å². The zero-order valence-electron chi connectivity index (χ0n) is 16.0. The average molecular weight is 365 g/mol. The number of hydrogen-bond acceptors (Lipinski definition) is 4. The number of hydrogen-bond donors (Lipinski definition) is 0. The molecule has 2 aromatic rings. The molecule has 0 unspecified atom stereocenters. The zero-order chi connectivity index (χ0) is 19.1. The maximum absolute atomic E-state index is 12.4. The first-order chi connectivity index (χ1) is 13.2. The first-order valence-electron chi connectivity index (χ1n) is 9.68. The largest absolute Gasteiger partial charge is 0.340 e. The summed E-state index contributed by atoms with van der Waals surface area (Å²) < 4.78 is 2.11. The van der Waals surface area contributed by atoms with E-state index in [4.69, 9.17) is 5.26 Å². The lowest BCUT2D eigenvalue weighted by molar-refractivity contribution is -0.136. The predicted molar refractivity (Wildman–Crippen MR) is 104 cm³/mol. The van der Waals surface area contributed by atoms with E-state index in [1.165, 1.54) is 12.8 Å². The molecule has 0 spiro atoms. The maximum atomic E-state index is 12.4. The molecule has 27 heavy (non-hydrogen) atoms. The third-order valence-corrected chi connectivity index (χ3v) is 5.03. The summed E-state index contributed by atoms with van der Waals surface area (Å²) in [5, 5.41) is 8.91. The smallest absolute Gasteiger partial charge is 0.236 e. The van der Waals surface area contributed by atoms with Gasteiger partial charge < -0.3 is 9.47 Å². The number of rotatable bonds is 8. The van der Waals surface area contributed by atoms with Crippen LogP contribution in [-0.4, -0.2) is 51.4 Å². The molecule has 6 nitrogen and oxygen atoms in total. The second kappa shape index (κ2) is 9.33. The van der Waals surface area contributed by atoms with Crippen LogP contribution in [0.4, 0.5) is 0 Å². The normalized spacial score (nSPS) is 15.1. The number of aromatic nitrogens is 2. The average Bonchev–Trinajstić information content (AvgIpc) is 3.11. The van der Waals surface area contributed by atoms with Crippen LogP contribution >= 0.6 is 0 Å². The maximum Gasteiger partial charge on any atom is 0.236 e. The predicted octanol–water partition coefficient (Wildman–Crippen LogP) is 2.64. The third kappa shape index (κ3) is 5.18. The summed E-state index contributed by atoms with van der Waals surface area (Å²) in [6.45, 7) is 6.62. The lowest BCUT2D eigenvalue weighted by Gasteiger charge is -2.34. The van der Waals surface area contributed by atoms with Gasteiger partial charge in [-0.25, -0.2) is 4.98 Å². The van der Waals surface area contributed by atoms with E-state index in [0.29, 0.717) is 25.2 Å². The molecule has 0 aliphatic carbocycles. The number of nitrogens with zero attached hydrogens (tertiary/aromatic N) is 5. The van der Waals surface area contributed by atoms with Crippen molar-refractivity contribution in [3.63, 3.8) is 0 Å². The molecule has 6 heteroatoms. The van der Waals surface area contributed by atoms with Gasteiger partial charge in [0.25, 0.3) is 0 Å². The van der Waals surface area contributed by atoms with Gasteiger partial charge in [-0.15, -0.1) is 0 Å². The van der Waals surface area contributed by atoms with Crippen molar-refractivity contribution in [1.29, 1.82) is 5.26 Å². The molecule has 1 aliphatic rings. The van der Waals surface area contributed by atoms with Gasteiger partial charge in [0, 0.05) is 38.6 Å². The van der Waals surface area contributed by atoms with Gasteiger partial charge in [-0.05, 0) is 24.1 Å². The summed E-state index contributed by atoms with van der Waals surface area (Å²) in [4.78, 5) is 21.1. The van der Waals surface area contributed by atoms with Gasteiger partial charge in [0.1, 0.15) is 5.82 Å².